The second-order valence-electron chi connectivity index (χ2n) is 6.53. The zero-order chi connectivity index (χ0) is 19.1. The summed E-state index contributed by atoms with van der Waals surface area (Å²) < 4.78 is 15.6. The quantitative estimate of drug-likeness (QED) is 0.728. The third-order valence-electron chi connectivity index (χ3n) is 4.78. The number of aryl methyl sites for hydroxylation is 1. The maximum Gasteiger partial charge on any atom is 0.274 e. The Kier molecular flexibility index (Phi) is 4.36. The van der Waals surface area contributed by atoms with Crippen LogP contribution in [0.3, 0.4) is 0 Å². The van der Waals surface area contributed by atoms with Gasteiger partial charge in [0, 0.05) is 36.1 Å². The summed E-state index contributed by atoms with van der Waals surface area (Å²) in [6.45, 7) is 0.506. The number of anilines is 2. The van der Waals surface area contributed by atoms with E-state index in [4.69, 9.17) is 11.6 Å². The summed E-state index contributed by atoms with van der Waals surface area (Å²) in [6.07, 6.45) is 1.13. The summed E-state index contributed by atoms with van der Waals surface area (Å²) in [5.74, 6) is -0.863. The average molecular weight is 386 g/mol. The normalized spacial score (nSPS) is 14.2. The number of hydrogen-bond donors (Lipinski definition) is 1. The molecule has 3 aromatic rings. The number of carbonyl (C=O) groups excluding carboxylic acids is 2. The molecule has 1 N–H and O–H groups in total. The van der Waals surface area contributed by atoms with Crippen molar-refractivity contribution in [3.8, 4) is 0 Å². The van der Waals surface area contributed by atoms with E-state index in [1.165, 1.54) is 12.1 Å². The third-order valence-corrected chi connectivity index (χ3v) is 5.01. The number of benzene rings is 2. The Bertz CT molecular complexity index is 1080. The molecule has 0 saturated carbocycles. The van der Waals surface area contributed by atoms with Gasteiger partial charge in [-0.3, -0.25) is 9.59 Å². The van der Waals surface area contributed by atoms with Crippen LogP contribution in [0.1, 0.15) is 23.3 Å². The maximum atomic E-state index is 13.9. The summed E-state index contributed by atoms with van der Waals surface area (Å²) in [5.41, 5.74) is 1.99. The first-order chi connectivity index (χ1) is 13.0. The number of carbonyl (C=O) groups is 2. The fraction of sp³-hybridized carbons (Fsp3) is 0.200. The molecule has 138 valence electrons. The van der Waals surface area contributed by atoms with Crippen molar-refractivity contribution in [2.75, 3.05) is 16.8 Å². The Morgan fingerprint density at radius 3 is 2.74 bits per heavy atom. The van der Waals surface area contributed by atoms with Gasteiger partial charge in [-0.2, -0.15) is 0 Å². The summed E-state index contributed by atoms with van der Waals surface area (Å²) >= 11 is 5.99. The lowest BCUT2D eigenvalue weighted by Gasteiger charge is -2.18. The first kappa shape index (κ1) is 17.5. The zero-order valence-corrected chi connectivity index (χ0v) is 15.4. The molecule has 0 aliphatic carbocycles. The average Bonchev–Trinajstić information content (AvgIpc) is 3.15. The van der Waals surface area contributed by atoms with Crippen molar-refractivity contribution in [3.05, 3.63) is 59.0 Å². The van der Waals surface area contributed by atoms with Gasteiger partial charge in [-0.05, 0) is 42.8 Å². The maximum absolute atomic E-state index is 13.9. The van der Waals surface area contributed by atoms with Crippen molar-refractivity contribution in [3.63, 3.8) is 0 Å². The minimum atomic E-state index is -0.414. The van der Waals surface area contributed by atoms with Crippen molar-refractivity contribution in [2.45, 2.75) is 12.8 Å². The Morgan fingerprint density at radius 2 is 2.04 bits per heavy atom. The molecule has 1 aromatic heterocycles. The predicted octanol–water partition coefficient (Wildman–Crippen LogP) is 4.35. The van der Waals surface area contributed by atoms with Crippen molar-refractivity contribution in [1.29, 1.82) is 0 Å². The highest BCUT2D eigenvalue weighted by molar-refractivity contribution is 6.31. The Morgan fingerprint density at radius 1 is 1.22 bits per heavy atom. The molecule has 0 bridgehead atoms. The van der Waals surface area contributed by atoms with Gasteiger partial charge in [0.1, 0.15) is 11.5 Å². The van der Waals surface area contributed by atoms with E-state index in [0.717, 1.165) is 0 Å². The van der Waals surface area contributed by atoms with E-state index in [9.17, 15) is 14.0 Å². The minimum Gasteiger partial charge on any atom is -0.338 e. The predicted molar refractivity (Wildman–Crippen MR) is 104 cm³/mol. The molecule has 0 spiro atoms. The smallest absolute Gasteiger partial charge is 0.274 e. The highest BCUT2D eigenvalue weighted by atomic mass is 35.5. The molecular weight excluding hydrogens is 369 g/mol. The highest BCUT2D eigenvalue weighted by Crippen LogP contribution is 2.36. The second kappa shape index (κ2) is 6.70. The molecule has 0 atom stereocenters. The van der Waals surface area contributed by atoms with Crippen molar-refractivity contribution in [2.24, 2.45) is 7.05 Å². The van der Waals surface area contributed by atoms with Gasteiger partial charge in [0.2, 0.25) is 5.91 Å². The molecule has 7 heteroatoms. The number of fused-ring (bicyclic) bond motifs is 1. The number of nitrogens with zero attached hydrogens (tertiary/aromatic N) is 2. The molecule has 27 heavy (non-hydrogen) atoms. The summed E-state index contributed by atoms with van der Waals surface area (Å²) in [6, 6.07) is 11.1. The van der Waals surface area contributed by atoms with Gasteiger partial charge in [0.05, 0.1) is 11.2 Å². The third kappa shape index (κ3) is 3.06. The standard InChI is InChI=1S/C20H17ClFN3O2/c1-24-16-8-7-13(22)11-15(16)18(25-9-3-6-17(25)26)19(24)20(27)23-14-5-2-4-12(21)10-14/h2,4-5,7-8,10-11H,3,6,9H2,1H3,(H,23,27). The van der Waals surface area contributed by atoms with Gasteiger partial charge in [0.25, 0.3) is 5.91 Å². The highest BCUT2D eigenvalue weighted by Gasteiger charge is 2.31. The van der Waals surface area contributed by atoms with Crippen LogP contribution in [0.2, 0.25) is 5.02 Å². The molecular formula is C20H17ClFN3O2. The Balaban J connectivity index is 1.87. The van der Waals surface area contributed by atoms with E-state index in [2.05, 4.69) is 5.32 Å². The molecule has 2 amide bonds. The molecule has 1 fully saturated rings. The van der Waals surface area contributed by atoms with Crippen LogP contribution in [-0.2, 0) is 11.8 Å². The zero-order valence-electron chi connectivity index (χ0n) is 14.6. The Labute approximate surface area is 160 Å². The fourth-order valence-electron chi connectivity index (χ4n) is 3.57. The lowest BCUT2D eigenvalue weighted by Crippen LogP contribution is -2.27. The van der Waals surface area contributed by atoms with Gasteiger partial charge < -0.3 is 14.8 Å². The monoisotopic (exact) mass is 385 g/mol. The van der Waals surface area contributed by atoms with E-state index in [0.29, 0.717) is 52.4 Å². The molecule has 4 rings (SSSR count). The van der Waals surface area contributed by atoms with Crippen LogP contribution in [0, 0.1) is 5.82 Å². The van der Waals surface area contributed by atoms with Gasteiger partial charge in [0.15, 0.2) is 0 Å². The summed E-state index contributed by atoms with van der Waals surface area (Å²) in [7, 11) is 1.73. The molecule has 1 saturated heterocycles. The molecule has 2 heterocycles. The summed E-state index contributed by atoms with van der Waals surface area (Å²) in [4.78, 5) is 27.0. The van der Waals surface area contributed by atoms with E-state index in [1.54, 1.807) is 46.8 Å². The number of hydrogen-bond acceptors (Lipinski definition) is 2. The van der Waals surface area contributed by atoms with Crippen LogP contribution in [0.4, 0.5) is 15.8 Å². The van der Waals surface area contributed by atoms with Crippen LogP contribution < -0.4 is 10.2 Å². The van der Waals surface area contributed by atoms with Crippen molar-refractivity contribution in [1.82, 2.24) is 4.57 Å². The van der Waals surface area contributed by atoms with Crippen LogP contribution in [0.15, 0.2) is 42.5 Å². The van der Waals surface area contributed by atoms with E-state index < -0.39 is 5.82 Å². The molecule has 0 unspecified atom stereocenters. The number of amides is 2. The lowest BCUT2D eigenvalue weighted by molar-refractivity contribution is -0.117. The molecule has 5 nitrogen and oxygen atoms in total. The van der Waals surface area contributed by atoms with Crippen molar-refractivity contribution < 1.29 is 14.0 Å². The van der Waals surface area contributed by atoms with Crippen LogP contribution in [0.5, 0.6) is 0 Å². The molecule has 0 radical (unpaired) electrons. The van der Waals surface area contributed by atoms with Crippen LogP contribution in [0.25, 0.3) is 10.9 Å². The van der Waals surface area contributed by atoms with E-state index >= 15 is 0 Å². The number of nitrogens with one attached hydrogen (secondary N) is 1. The Hall–Kier alpha value is -2.86. The molecule has 1 aliphatic rings. The number of rotatable bonds is 3. The SMILES string of the molecule is Cn1c(C(=O)Nc2cccc(Cl)c2)c(N2CCCC2=O)c2cc(F)ccc21. The van der Waals surface area contributed by atoms with Gasteiger partial charge in [-0.1, -0.05) is 17.7 Å². The molecule has 1 aliphatic heterocycles. The number of aromatic nitrogens is 1. The van der Waals surface area contributed by atoms with Crippen LogP contribution in [-0.4, -0.2) is 22.9 Å². The number of halogens is 2. The van der Waals surface area contributed by atoms with Gasteiger partial charge >= 0.3 is 0 Å². The minimum absolute atomic E-state index is 0.0661. The lowest BCUT2D eigenvalue weighted by atomic mass is 10.2. The van der Waals surface area contributed by atoms with Gasteiger partial charge in [-0.25, -0.2) is 4.39 Å². The fourth-order valence-corrected chi connectivity index (χ4v) is 3.76. The topological polar surface area (TPSA) is 54.3 Å². The van der Waals surface area contributed by atoms with Crippen molar-refractivity contribution >= 4 is 45.7 Å². The summed E-state index contributed by atoms with van der Waals surface area (Å²) in [5, 5.41) is 3.87. The van der Waals surface area contributed by atoms with E-state index in [1.807, 2.05) is 0 Å². The van der Waals surface area contributed by atoms with E-state index in [-0.39, 0.29) is 11.8 Å². The first-order valence-electron chi connectivity index (χ1n) is 8.61. The van der Waals surface area contributed by atoms with Crippen LogP contribution >= 0.6 is 11.6 Å². The largest absolute Gasteiger partial charge is 0.338 e. The first-order valence-corrected chi connectivity index (χ1v) is 8.99. The van der Waals surface area contributed by atoms with Gasteiger partial charge in [-0.15, -0.1) is 0 Å². The second-order valence-corrected chi connectivity index (χ2v) is 6.97. The molecule has 2 aromatic carbocycles.